The van der Waals surface area contributed by atoms with Gasteiger partial charge in [0.25, 0.3) is 0 Å². The van der Waals surface area contributed by atoms with E-state index in [1.54, 1.807) is 6.07 Å². The molecule has 1 aromatic carbocycles. The van der Waals surface area contributed by atoms with E-state index in [0.29, 0.717) is 12.3 Å². The van der Waals surface area contributed by atoms with Gasteiger partial charge in [-0.1, -0.05) is 18.2 Å². The first-order valence-electron chi connectivity index (χ1n) is 6.02. The van der Waals surface area contributed by atoms with Crippen LogP contribution in [0.2, 0.25) is 0 Å². The van der Waals surface area contributed by atoms with E-state index < -0.39 is 37.9 Å². The van der Waals surface area contributed by atoms with Crippen molar-refractivity contribution in [1.82, 2.24) is 4.98 Å². The first-order valence-corrected chi connectivity index (χ1v) is 7.50. The second-order valence-electron chi connectivity index (χ2n) is 4.44. The van der Waals surface area contributed by atoms with Gasteiger partial charge in [-0.05, 0) is 18.2 Å². The number of alkyl halides is 3. The van der Waals surface area contributed by atoms with E-state index in [2.05, 4.69) is 4.98 Å². The first-order chi connectivity index (χ1) is 10.1. The highest BCUT2D eigenvalue weighted by Gasteiger charge is 2.34. The van der Waals surface area contributed by atoms with Crippen molar-refractivity contribution in [2.75, 3.05) is 0 Å². The average molecular weight is 329 g/mol. The molecule has 0 fully saturated rings. The number of aromatic nitrogens is 1. The Morgan fingerprint density at radius 3 is 2.23 bits per heavy atom. The number of sulfone groups is 1. The maximum atomic E-state index is 12.8. The zero-order valence-corrected chi connectivity index (χ0v) is 12.1. The number of ketones is 1. The van der Waals surface area contributed by atoms with Crippen LogP contribution in [0.1, 0.15) is 23.0 Å². The molecular formula is C14H10F3NO3S. The lowest BCUT2D eigenvalue weighted by molar-refractivity contribution is -0.138. The van der Waals surface area contributed by atoms with Crippen LogP contribution >= 0.6 is 0 Å². The molecule has 0 saturated heterocycles. The summed E-state index contributed by atoms with van der Waals surface area (Å²) in [5, 5.41) is 0. The van der Waals surface area contributed by atoms with Crippen molar-refractivity contribution >= 4 is 15.6 Å². The predicted molar refractivity (Wildman–Crippen MR) is 71.1 cm³/mol. The van der Waals surface area contributed by atoms with Crippen molar-refractivity contribution in [3.05, 3.63) is 53.9 Å². The number of hydrogen-bond donors (Lipinski definition) is 0. The molecule has 0 amide bonds. The SMILES string of the molecule is CC(=O)c1ncc(C(F)(F)F)cc1S(=O)(=O)c1ccccc1. The standard InChI is InChI=1S/C14H10F3NO3S/c1-9(19)13-12(7-10(8-18-13)14(15,16)17)22(20,21)11-5-3-2-4-6-11/h2-8H,1H3. The Bertz CT molecular complexity index is 815. The summed E-state index contributed by atoms with van der Waals surface area (Å²) in [6.07, 6.45) is -4.32. The second-order valence-corrected chi connectivity index (χ2v) is 6.36. The zero-order valence-electron chi connectivity index (χ0n) is 11.3. The van der Waals surface area contributed by atoms with Crippen LogP contribution in [0.15, 0.2) is 52.4 Å². The molecule has 22 heavy (non-hydrogen) atoms. The third kappa shape index (κ3) is 3.01. The smallest absolute Gasteiger partial charge is 0.293 e. The van der Waals surface area contributed by atoms with E-state index >= 15 is 0 Å². The van der Waals surface area contributed by atoms with Crippen LogP contribution in [0.4, 0.5) is 13.2 Å². The second kappa shape index (κ2) is 5.53. The minimum atomic E-state index is -4.76. The molecule has 0 spiro atoms. The summed E-state index contributed by atoms with van der Waals surface area (Å²) in [4.78, 5) is 13.9. The van der Waals surface area contributed by atoms with E-state index in [0.717, 1.165) is 6.92 Å². The van der Waals surface area contributed by atoms with E-state index in [4.69, 9.17) is 0 Å². The number of benzene rings is 1. The molecule has 2 aromatic rings. The molecule has 0 bridgehead atoms. The van der Waals surface area contributed by atoms with E-state index in [1.807, 2.05) is 0 Å². The molecule has 1 aromatic heterocycles. The van der Waals surface area contributed by atoms with Gasteiger partial charge in [0.15, 0.2) is 5.78 Å². The molecule has 0 aliphatic heterocycles. The van der Waals surface area contributed by atoms with Crippen molar-refractivity contribution in [2.24, 2.45) is 0 Å². The molecule has 0 atom stereocenters. The normalized spacial score (nSPS) is 12.2. The monoisotopic (exact) mass is 329 g/mol. The molecular weight excluding hydrogens is 319 g/mol. The van der Waals surface area contributed by atoms with Crippen LogP contribution in [0, 0.1) is 0 Å². The molecule has 8 heteroatoms. The lowest BCUT2D eigenvalue weighted by atomic mass is 10.2. The fourth-order valence-corrected chi connectivity index (χ4v) is 3.30. The topological polar surface area (TPSA) is 64.1 Å². The molecule has 0 aliphatic rings. The van der Waals surface area contributed by atoms with Crippen LogP contribution in [-0.4, -0.2) is 19.2 Å². The number of pyridine rings is 1. The Morgan fingerprint density at radius 2 is 1.73 bits per heavy atom. The largest absolute Gasteiger partial charge is 0.417 e. The molecule has 0 radical (unpaired) electrons. The van der Waals surface area contributed by atoms with Gasteiger partial charge in [-0.15, -0.1) is 0 Å². The van der Waals surface area contributed by atoms with Gasteiger partial charge in [0, 0.05) is 13.1 Å². The highest BCUT2D eigenvalue weighted by atomic mass is 32.2. The molecule has 2 rings (SSSR count). The van der Waals surface area contributed by atoms with Gasteiger partial charge in [0.1, 0.15) is 10.6 Å². The van der Waals surface area contributed by atoms with Crippen LogP contribution in [-0.2, 0) is 16.0 Å². The fourth-order valence-electron chi connectivity index (χ4n) is 1.80. The Kier molecular flexibility index (Phi) is 4.06. The van der Waals surface area contributed by atoms with Gasteiger partial charge in [-0.25, -0.2) is 8.42 Å². The number of rotatable bonds is 3. The Labute approximate surface area is 124 Å². The van der Waals surface area contributed by atoms with Crippen molar-refractivity contribution in [2.45, 2.75) is 22.9 Å². The first kappa shape index (κ1) is 16.2. The summed E-state index contributed by atoms with van der Waals surface area (Å²) < 4.78 is 63.3. The number of nitrogens with zero attached hydrogens (tertiary/aromatic N) is 1. The van der Waals surface area contributed by atoms with Crippen molar-refractivity contribution in [1.29, 1.82) is 0 Å². The van der Waals surface area contributed by atoms with E-state index in [-0.39, 0.29) is 4.90 Å². The lowest BCUT2D eigenvalue weighted by Crippen LogP contribution is -2.14. The maximum Gasteiger partial charge on any atom is 0.417 e. The summed E-state index contributed by atoms with van der Waals surface area (Å²) in [7, 11) is -4.28. The number of Topliss-reactive ketones (excluding diaryl/α,β-unsaturated/α-hetero) is 1. The highest BCUT2D eigenvalue weighted by molar-refractivity contribution is 7.91. The average Bonchev–Trinajstić information content (AvgIpc) is 2.46. The molecule has 116 valence electrons. The summed E-state index contributed by atoms with van der Waals surface area (Å²) in [5.41, 5.74) is -1.75. The quantitative estimate of drug-likeness (QED) is 0.812. The third-order valence-electron chi connectivity index (χ3n) is 2.86. The number of hydrogen-bond acceptors (Lipinski definition) is 4. The van der Waals surface area contributed by atoms with E-state index in [9.17, 15) is 26.4 Å². The van der Waals surface area contributed by atoms with Gasteiger partial charge >= 0.3 is 6.18 Å². The molecule has 0 saturated carbocycles. The molecule has 0 N–H and O–H groups in total. The minimum Gasteiger partial charge on any atom is -0.293 e. The number of carbonyl (C=O) groups is 1. The Morgan fingerprint density at radius 1 is 1.14 bits per heavy atom. The third-order valence-corrected chi connectivity index (χ3v) is 4.64. The van der Waals surface area contributed by atoms with Crippen LogP contribution in [0.3, 0.4) is 0 Å². The number of halogens is 3. The van der Waals surface area contributed by atoms with Crippen molar-refractivity contribution in [3.63, 3.8) is 0 Å². The minimum absolute atomic E-state index is 0.210. The van der Waals surface area contributed by atoms with Crippen LogP contribution in [0.5, 0.6) is 0 Å². The van der Waals surface area contributed by atoms with Crippen LogP contribution in [0.25, 0.3) is 0 Å². The molecule has 0 unspecified atom stereocenters. The molecule has 1 heterocycles. The van der Waals surface area contributed by atoms with Crippen molar-refractivity contribution < 1.29 is 26.4 Å². The van der Waals surface area contributed by atoms with Gasteiger partial charge in [0.05, 0.1) is 10.5 Å². The fraction of sp³-hybridized carbons (Fsp3) is 0.143. The summed E-state index contributed by atoms with van der Waals surface area (Å²) in [5.74, 6) is -0.733. The lowest BCUT2D eigenvalue weighted by Gasteiger charge is -2.12. The predicted octanol–water partition coefficient (Wildman–Crippen LogP) is 3.14. The summed E-state index contributed by atoms with van der Waals surface area (Å²) in [6.45, 7) is 1.04. The summed E-state index contributed by atoms with van der Waals surface area (Å²) >= 11 is 0. The van der Waals surface area contributed by atoms with Crippen LogP contribution < -0.4 is 0 Å². The zero-order chi connectivity index (χ0) is 16.5. The Balaban J connectivity index is 2.74. The van der Waals surface area contributed by atoms with Crippen molar-refractivity contribution in [3.8, 4) is 0 Å². The maximum absolute atomic E-state index is 12.8. The summed E-state index contributed by atoms with van der Waals surface area (Å²) in [6, 6.07) is 7.34. The molecule has 0 aliphatic carbocycles. The van der Waals surface area contributed by atoms with Gasteiger partial charge < -0.3 is 0 Å². The van der Waals surface area contributed by atoms with Gasteiger partial charge in [0.2, 0.25) is 9.84 Å². The highest BCUT2D eigenvalue weighted by Crippen LogP contribution is 2.32. The van der Waals surface area contributed by atoms with E-state index in [1.165, 1.54) is 24.3 Å². The van der Waals surface area contributed by atoms with Gasteiger partial charge in [-0.2, -0.15) is 13.2 Å². The Hall–Kier alpha value is -2.22. The molecule has 4 nitrogen and oxygen atoms in total. The number of carbonyl (C=O) groups excluding carboxylic acids is 1. The van der Waals surface area contributed by atoms with Gasteiger partial charge in [-0.3, -0.25) is 9.78 Å².